The molecule has 0 radical (unpaired) electrons. The van der Waals surface area contributed by atoms with E-state index >= 15 is 0 Å². The van der Waals surface area contributed by atoms with Crippen LogP contribution >= 0.6 is 12.2 Å². The SMILES string of the molecule is Cc1cccc(NC(=S)N2CCc3c(c4ccccc4n3CC(=O)O)C2)c1. The van der Waals surface area contributed by atoms with Crippen LogP contribution in [0.15, 0.2) is 48.5 Å². The highest BCUT2D eigenvalue weighted by atomic mass is 32.1. The number of aryl methyl sites for hydroxylation is 1. The summed E-state index contributed by atoms with van der Waals surface area (Å²) < 4.78 is 1.93. The molecule has 1 aromatic heterocycles. The number of fused-ring (bicyclic) bond motifs is 3. The smallest absolute Gasteiger partial charge is 0.323 e. The molecule has 138 valence electrons. The second kappa shape index (κ2) is 7.04. The summed E-state index contributed by atoms with van der Waals surface area (Å²) in [6.45, 7) is 3.49. The molecule has 0 aliphatic carbocycles. The van der Waals surface area contributed by atoms with Gasteiger partial charge in [0, 0.05) is 47.4 Å². The van der Waals surface area contributed by atoms with Crippen molar-refractivity contribution in [3.63, 3.8) is 0 Å². The van der Waals surface area contributed by atoms with Gasteiger partial charge in [0.1, 0.15) is 6.54 Å². The first-order chi connectivity index (χ1) is 13.0. The Morgan fingerprint density at radius 1 is 1.22 bits per heavy atom. The van der Waals surface area contributed by atoms with Crippen LogP contribution in [0, 0.1) is 6.92 Å². The number of nitrogens with one attached hydrogen (secondary N) is 1. The molecule has 2 aromatic carbocycles. The Labute approximate surface area is 163 Å². The molecule has 6 heteroatoms. The number of carbonyl (C=O) groups is 1. The van der Waals surface area contributed by atoms with E-state index in [1.54, 1.807) is 0 Å². The fourth-order valence-electron chi connectivity index (χ4n) is 3.82. The Morgan fingerprint density at radius 2 is 2.04 bits per heavy atom. The van der Waals surface area contributed by atoms with Crippen LogP contribution in [-0.2, 0) is 24.3 Å². The standard InChI is InChI=1S/C21H21N3O2S/c1-14-5-4-6-15(11-14)22-21(27)23-10-9-19-17(12-23)16-7-2-3-8-18(16)24(19)13-20(25)26/h2-8,11H,9-10,12-13H2,1H3,(H,22,27)(H,25,26). The highest BCUT2D eigenvalue weighted by Gasteiger charge is 2.25. The van der Waals surface area contributed by atoms with Gasteiger partial charge in [-0.3, -0.25) is 4.79 Å². The van der Waals surface area contributed by atoms with E-state index in [9.17, 15) is 9.90 Å². The Bertz CT molecular complexity index is 1040. The minimum Gasteiger partial charge on any atom is -0.480 e. The molecule has 2 N–H and O–H groups in total. The van der Waals surface area contributed by atoms with E-state index in [1.165, 1.54) is 11.1 Å². The molecule has 1 aliphatic heterocycles. The summed E-state index contributed by atoms with van der Waals surface area (Å²) in [6, 6.07) is 16.1. The van der Waals surface area contributed by atoms with E-state index < -0.39 is 5.97 Å². The van der Waals surface area contributed by atoms with Crippen molar-refractivity contribution in [1.29, 1.82) is 0 Å². The lowest BCUT2D eigenvalue weighted by atomic mass is 10.0. The molecule has 1 aliphatic rings. The third-order valence-corrected chi connectivity index (χ3v) is 5.37. The number of carboxylic acids is 1. The van der Waals surface area contributed by atoms with E-state index in [4.69, 9.17) is 12.2 Å². The Balaban J connectivity index is 1.63. The molecule has 0 atom stereocenters. The maximum Gasteiger partial charge on any atom is 0.323 e. The number of benzene rings is 2. The van der Waals surface area contributed by atoms with Gasteiger partial charge in [0.05, 0.1) is 0 Å². The number of aliphatic carboxylic acids is 1. The van der Waals surface area contributed by atoms with Gasteiger partial charge >= 0.3 is 5.97 Å². The zero-order chi connectivity index (χ0) is 19.0. The zero-order valence-corrected chi connectivity index (χ0v) is 15.9. The third-order valence-electron chi connectivity index (χ3n) is 5.01. The van der Waals surface area contributed by atoms with Crippen molar-refractivity contribution in [1.82, 2.24) is 9.47 Å². The molecular weight excluding hydrogens is 358 g/mol. The monoisotopic (exact) mass is 379 g/mol. The number of hydrogen-bond acceptors (Lipinski definition) is 2. The second-order valence-electron chi connectivity index (χ2n) is 6.89. The molecule has 5 nitrogen and oxygen atoms in total. The number of aromatic nitrogens is 1. The van der Waals surface area contributed by atoms with Gasteiger partial charge in [-0.1, -0.05) is 30.3 Å². The van der Waals surface area contributed by atoms with Gasteiger partial charge in [-0.15, -0.1) is 0 Å². The maximum absolute atomic E-state index is 11.3. The largest absolute Gasteiger partial charge is 0.480 e. The third kappa shape index (κ3) is 3.40. The molecule has 0 unspecified atom stereocenters. The van der Waals surface area contributed by atoms with Crippen LogP contribution in [0.25, 0.3) is 10.9 Å². The first-order valence-corrected chi connectivity index (χ1v) is 9.37. The number of hydrogen-bond donors (Lipinski definition) is 2. The Hall–Kier alpha value is -2.86. The Kier molecular flexibility index (Phi) is 4.58. The van der Waals surface area contributed by atoms with Crippen molar-refractivity contribution < 1.29 is 9.90 Å². The molecule has 2 heterocycles. The fraction of sp³-hybridized carbons (Fsp3) is 0.238. The topological polar surface area (TPSA) is 57.5 Å². The molecule has 4 rings (SSSR count). The predicted molar refractivity (Wildman–Crippen MR) is 111 cm³/mol. The van der Waals surface area contributed by atoms with Crippen LogP contribution in [0.2, 0.25) is 0 Å². The summed E-state index contributed by atoms with van der Waals surface area (Å²) in [5.74, 6) is -0.822. The van der Waals surface area contributed by atoms with E-state index in [-0.39, 0.29) is 6.54 Å². The van der Waals surface area contributed by atoms with Crippen LogP contribution in [-0.4, -0.2) is 32.2 Å². The van der Waals surface area contributed by atoms with E-state index in [0.717, 1.165) is 35.2 Å². The van der Waals surface area contributed by atoms with Crippen molar-refractivity contribution in [2.24, 2.45) is 0 Å². The summed E-state index contributed by atoms with van der Waals surface area (Å²) >= 11 is 5.64. The first kappa shape index (κ1) is 17.5. The van der Waals surface area contributed by atoms with Gasteiger partial charge in [-0.25, -0.2) is 0 Å². The fourth-order valence-corrected chi connectivity index (χ4v) is 4.09. The molecule has 3 aromatic rings. The number of carboxylic acid groups (broad SMARTS) is 1. The normalized spacial score (nSPS) is 13.4. The predicted octanol–water partition coefficient (Wildman–Crippen LogP) is 3.79. The van der Waals surface area contributed by atoms with Gasteiger partial charge in [0.25, 0.3) is 0 Å². The summed E-state index contributed by atoms with van der Waals surface area (Å²) in [7, 11) is 0. The van der Waals surface area contributed by atoms with Crippen LogP contribution in [0.5, 0.6) is 0 Å². The first-order valence-electron chi connectivity index (χ1n) is 8.96. The highest BCUT2D eigenvalue weighted by molar-refractivity contribution is 7.80. The van der Waals surface area contributed by atoms with Crippen LogP contribution in [0.3, 0.4) is 0 Å². The number of para-hydroxylation sites is 1. The van der Waals surface area contributed by atoms with Crippen LogP contribution in [0.4, 0.5) is 5.69 Å². The molecular formula is C21H21N3O2S. The van der Waals surface area contributed by atoms with Gasteiger partial charge in [0.15, 0.2) is 5.11 Å². The van der Waals surface area contributed by atoms with E-state index in [1.807, 2.05) is 34.9 Å². The van der Waals surface area contributed by atoms with Crippen molar-refractivity contribution in [2.45, 2.75) is 26.4 Å². The quantitative estimate of drug-likeness (QED) is 0.678. The second-order valence-corrected chi connectivity index (χ2v) is 7.28. The lowest BCUT2D eigenvalue weighted by Crippen LogP contribution is -2.39. The molecule has 0 saturated heterocycles. The lowest BCUT2D eigenvalue weighted by Gasteiger charge is -2.30. The summed E-state index contributed by atoms with van der Waals surface area (Å²) in [6.07, 6.45) is 0.771. The summed E-state index contributed by atoms with van der Waals surface area (Å²) in [5.41, 5.74) is 5.42. The highest BCUT2D eigenvalue weighted by Crippen LogP contribution is 2.31. The zero-order valence-electron chi connectivity index (χ0n) is 15.1. The van der Waals surface area contributed by atoms with Crippen molar-refractivity contribution in [3.8, 4) is 0 Å². The molecule has 0 saturated carbocycles. The van der Waals surface area contributed by atoms with Crippen LogP contribution in [0.1, 0.15) is 16.8 Å². The van der Waals surface area contributed by atoms with Crippen molar-refractivity contribution in [3.05, 3.63) is 65.4 Å². The Morgan fingerprint density at radius 3 is 2.81 bits per heavy atom. The van der Waals surface area contributed by atoms with E-state index in [2.05, 4.69) is 35.3 Å². The number of rotatable bonds is 3. The van der Waals surface area contributed by atoms with E-state index in [0.29, 0.717) is 11.7 Å². The summed E-state index contributed by atoms with van der Waals surface area (Å²) in [5, 5.41) is 14.4. The molecule has 0 amide bonds. The van der Waals surface area contributed by atoms with Crippen molar-refractivity contribution >= 4 is 39.9 Å². The maximum atomic E-state index is 11.3. The summed E-state index contributed by atoms with van der Waals surface area (Å²) in [4.78, 5) is 13.5. The molecule has 0 bridgehead atoms. The number of anilines is 1. The van der Waals surface area contributed by atoms with Crippen molar-refractivity contribution in [2.75, 3.05) is 11.9 Å². The number of nitrogens with zero attached hydrogens (tertiary/aromatic N) is 2. The van der Waals surface area contributed by atoms with Gasteiger partial charge in [-0.05, 0) is 42.9 Å². The van der Waals surface area contributed by atoms with Gasteiger partial charge in [-0.2, -0.15) is 0 Å². The van der Waals surface area contributed by atoms with Gasteiger partial charge < -0.3 is 19.9 Å². The average Bonchev–Trinajstić information content (AvgIpc) is 2.95. The van der Waals surface area contributed by atoms with Gasteiger partial charge in [0.2, 0.25) is 0 Å². The minimum absolute atomic E-state index is 0.0121. The molecule has 0 fully saturated rings. The minimum atomic E-state index is -0.822. The van der Waals surface area contributed by atoms with Crippen LogP contribution < -0.4 is 5.32 Å². The lowest BCUT2D eigenvalue weighted by molar-refractivity contribution is -0.137. The molecule has 0 spiro atoms. The average molecular weight is 379 g/mol. The molecule has 27 heavy (non-hydrogen) atoms. The number of thiocarbonyl (C=S) groups is 1.